The molecule has 7 nitrogen and oxygen atoms in total. The quantitative estimate of drug-likeness (QED) is 0.770. The third-order valence-electron chi connectivity index (χ3n) is 3.41. The summed E-state index contributed by atoms with van der Waals surface area (Å²) in [6.45, 7) is 5.74. The lowest BCUT2D eigenvalue weighted by atomic mass is 10.1. The molecule has 23 heavy (non-hydrogen) atoms. The van der Waals surface area contributed by atoms with Gasteiger partial charge in [0, 0.05) is 0 Å². The van der Waals surface area contributed by atoms with Crippen molar-refractivity contribution in [2.45, 2.75) is 36.2 Å². The molecule has 1 aromatic carbocycles. The summed E-state index contributed by atoms with van der Waals surface area (Å²) in [6, 6.07) is 8.13. The van der Waals surface area contributed by atoms with E-state index in [0.29, 0.717) is 5.65 Å². The minimum absolute atomic E-state index is 0.0972. The van der Waals surface area contributed by atoms with E-state index in [1.807, 2.05) is 20.8 Å². The molecule has 0 amide bonds. The summed E-state index contributed by atoms with van der Waals surface area (Å²) >= 11 is 0. The minimum Gasteiger partial charge on any atom is -0.383 e. The molecule has 0 aliphatic rings. The molecule has 0 unspecified atom stereocenters. The fourth-order valence-corrected chi connectivity index (χ4v) is 3.70. The Balaban J connectivity index is 2.40. The van der Waals surface area contributed by atoms with E-state index in [1.165, 1.54) is 18.5 Å². The van der Waals surface area contributed by atoms with Gasteiger partial charge in [0.15, 0.2) is 10.7 Å². The third-order valence-corrected chi connectivity index (χ3v) is 5.09. The van der Waals surface area contributed by atoms with Crippen molar-refractivity contribution in [3.05, 3.63) is 36.7 Å². The predicted octanol–water partition coefficient (Wildman–Crippen LogP) is 2.00. The maximum Gasteiger partial charge on any atom is 0.226 e. The molecule has 2 N–H and O–H groups in total. The molecule has 3 aromatic rings. The lowest BCUT2D eigenvalue weighted by Gasteiger charge is -2.19. The van der Waals surface area contributed by atoms with Gasteiger partial charge in [-0.15, -0.1) is 0 Å². The highest BCUT2D eigenvalue weighted by Gasteiger charge is 2.30. The number of fused-ring (bicyclic) bond motifs is 1. The highest BCUT2D eigenvalue weighted by molar-refractivity contribution is 7.91. The molecule has 120 valence electrons. The molecular weight excluding hydrogens is 314 g/mol. The van der Waals surface area contributed by atoms with Gasteiger partial charge in [0.1, 0.15) is 17.5 Å². The lowest BCUT2D eigenvalue weighted by molar-refractivity contribution is 0.359. The second-order valence-corrected chi connectivity index (χ2v) is 8.03. The molecule has 2 aromatic heterocycles. The molecule has 0 aliphatic heterocycles. The molecule has 0 spiro atoms. The predicted molar refractivity (Wildman–Crippen MR) is 86.6 cm³/mol. The van der Waals surface area contributed by atoms with Gasteiger partial charge in [-0.25, -0.2) is 23.1 Å². The van der Waals surface area contributed by atoms with Crippen molar-refractivity contribution in [3.8, 4) is 0 Å². The van der Waals surface area contributed by atoms with Crippen LogP contribution in [-0.4, -0.2) is 28.2 Å². The van der Waals surface area contributed by atoms with E-state index in [0.717, 1.165) is 0 Å². The van der Waals surface area contributed by atoms with Crippen LogP contribution in [0.1, 0.15) is 20.8 Å². The van der Waals surface area contributed by atoms with Crippen LogP contribution in [0.3, 0.4) is 0 Å². The smallest absolute Gasteiger partial charge is 0.226 e. The summed E-state index contributed by atoms with van der Waals surface area (Å²) in [5.74, 6) is 0.0972. The SMILES string of the molecule is CC(C)(C)n1nc(S(=O)(=O)c2ccccc2)c2c(N)ncnc21. The number of rotatable bonds is 2. The van der Waals surface area contributed by atoms with Crippen LogP contribution in [0.15, 0.2) is 46.6 Å². The Kier molecular flexibility index (Phi) is 3.36. The van der Waals surface area contributed by atoms with Gasteiger partial charge >= 0.3 is 0 Å². The maximum atomic E-state index is 13.0. The van der Waals surface area contributed by atoms with E-state index >= 15 is 0 Å². The van der Waals surface area contributed by atoms with Crippen LogP contribution in [0.5, 0.6) is 0 Å². The topological polar surface area (TPSA) is 104 Å². The standard InChI is InChI=1S/C15H17N5O2S/c1-15(2,3)20-13-11(12(16)17-9-18-13)14(19-20)23(21,22)10-7-5-4-6-8-10/h4-9H,1-3H3,(H2,16,17,18). The zero-order valence-electron chi connectivity index (χ0n) is 13.1. The highest BCUT2D eigenvalue weighted by atomic mass is 32.2. The van der Waals surface area contributed by atoms with E-state index in [-0.39, 0.29) is 21.1 Å². The van der Waals surface area contributed by atoms with Crippen molar-refractivity contribution in [1.29, 1.82) is 0 Å². The monoisotopic (exact) mass is 331 g/mol. The third kappa shape index (κ3) is 2.44. The molecule has 0 atom stereocenters. The van der Waals surface area contributed by atoms with E-state index in [2.05, 4.69) is 15.1 Å². The summed E-state index contributed by atoms with van der Waals surface area (Å²) in [5.41, 5.74) is 5.87. The van der Waals surface area contributed by atoms with Gasteiger partial charge in [-0.05, 0) is 32.9 Å². The Morgan fingerprint density at radius 3 is 2.35 bits per heavy atom. The molecule has 2 heterocycles. The molecule has 0 aliphatic carbocycles. The van der Waals surface area contributed by atoms with Gasteiger partial charge in [-0.2, -0.15) is 5.10 Å². The maximum absolute atomic E-state index is 13.0. The van der Waals surface area contributed by atoms with Crippen molar-refractivity contribution in [2.24, 2.45) is 0 Å². The van der Waals surface area contributed by atoms with Crippen LogP contribution >= 0.6 is 0 Å². The molecular formula is C15H17N5O2S. The second-order valence-electron chi connectivity index (χ2n) is 6.16. The average molecular weight is 331 g/mol. The largest absolute Gasteiger partial charge is 0.383 e. The van der Waals surface area contributed by atoms with Crippen LogP contribution in [0.25, 0.3) is 11.0 Å². The van der Waals surface area contributed by atoms with Gasteiger partial charge in [-0.3, -0.25) is 0 Å². The van der Waals surface area contributed by atoms with Crippen molar-refractivity contribution in [1.82, 2.24) is 19.7 Å². The molecule has 0 radical (unpaired) electrons. The fraction of sp³-hybridized carbons (Fsp3) is 0.267. The van der Waals surface area contributed by atoms with E-state index in [1.54, 1.807) is 22.9 Å². The Morgan fingerprint density at radius 2 is 1.74 bits per heavy atom. The summed E-state index contributed by atoms with van der Waals surface area (Å²) < 4.78 is 27.5. The molecule has 0 bridgehead atoms. The van der Waals surface area contributed by atoms with Crippen LogP contribution in [0, 0.1) is 0 Å². The number of aromatic nitrogens is 4. The van der Waals surface area contributed by atoms with Gasteiger partial charge in [-0.1, -0.05) is 18.2 Å². The van der Waals surface area contributed by atoms with Gasteiger partial charge in [0.05, 0.1) is 10.4 Å². The Hall–Kier alpha value is -2.48. The number of nitrogen functional groups attached to an aromatic ring is 1. The summed E-state index contributed by atoms with van der Waals surface area (Å²) in [7, 11) is -3.82. The number of sulfone groups is 1. The average Bonchev–Trinajstić information content (AvgIpc) is 2.90. The van der Waals surface area contributed by atoms with Crippen LogP contribution in [0.2, 0.25) is 0 Å². The van der Waals surface area contributed by atoms with Gasteiger partial charge in [0.2, 0.25) is 9.84 Å². The first kappa shape index (κ1) is 15.4. The second kappa shape index (κ2) is 5.02. The summed E-state index contributed by atoms with van der Waals surface area (Å²) in [6.07, 6.45) is 1.31. The van der Waals surface area contributed by atoms with Crippen LogP contribution in [-0.2, 0) is 15.4 Å². The number of anilines is 1. The number of nitrogens with two attached hydrogens (primary N) is 1. The summed E-state index contributed by atoms with van der Waals surface area (Å²) in [4.78, 5) is 8.26. The van der Waals surface area contributed by atoms with Crippen LogP contribution in [0.4, 0.5) is 5.82 Å². The first-order valence-electron chi connectivity index (χ1n) is 7.03. The molecule has 0 saturated heterocycles. The van der Waals surface area contributed by atoms with Crippen molar-refractivity contribution < 1.29 is 8.42 Å². The number of hydrogen-bond acceptors (Lipinski definition) is 6. The minimum atomic E-state index is -3.82. The van der Waals surface area contributed by atoms with E-state index in [9.17, 15) is 8.42 Å². The van der Waals surface area contributed by atoms with E-state index in [4.69, 9.17) is 5.73 Å². The molecule has 0 fully saturated rings. The van der Waals surface area contributed by atoms with Crippen molar-refractivity contribution in [2.75, 3.05) is 5.73 Å². The first-order valence-corrected chi connectivity index (χ1v) is 8.51. The number of hydrogen-bond donors (Lipinski definition) is 1. The first-order chi connectivity index (χ1) is 10.7. The van der Waals surface area contributed by atoms with E-state index < -0.39 is 15.4 Å². The lowest BCUT2D eigenvalue weighted by Crippen LogP contribution is -2.23. The number of benzene rings is 1. The Morgan fingerprint density at radius 1 is 1.09 bits per heavy atom. The normalized spacial score (nSPS) is 12.7. The molecule has 3 rings (SSSR count). The zero-order chi connectivity index (χ0) is 16.8. The molecule has 8 heteroatoms. The Bertz CT molecular complexity index is 972. The highest BCUT2D eigenvalue weighted by Crippen LogP contribution is 2.32. The molecule has 0 saturated carbocycles. The van der Waals surface area contributed by atoms with Crippen molar-refractivity contribution >= 4 is 26.7 Å². The number of nitrogens with zero attached hydrogens (tertiary/aromatic N) is 4. The van der Waals surface area contributed by atoms with Crippen molar-refractivity contribution in [3.63, 3.8) is 0 Å². The zero-order valence-corrected chi connectivity index (χ0v) is 13.9. The van der Waals surface area contributed by atoms with Crippen LogP contribution < -0.4 is 5.73 Å². The Labute approximate surface area is 134 Å². The van der Waals surface area contributed by atoms with Gasteiger partial charge in [0.25, 0.3) is 0 Å². The van der Waals surface area contributed by atoms with Gasteiger partial charge < -0.3 is 5.73 Å². The summed E-state index contributed by atoms with van der Waals surface area (Å²) in [5, 5.41) is 4.45. The fourth-order valence-electron chi connectivity index (χ4n) is 2.31.